The van der Waals surface area contributed by atoms with Crippen molar-refractivity contribution in [2.75, 3.05) is 29.9 Å². The van der Waals surface area contributed by atoms with Crippen LogP contribution < -0.4 is 15.5 Å². The lowest BCUT2D eigenvalue weighted by Crippen LogP contribution is -2.47. The maximum atomic E-state index is 5.04. The number of piperidine rings is 1. The fraction of sp³-hybridized carbons (Fsp3) is 0.467. The molecule has 8 nitrogen and oxygen atoms in total. The van der Waals surface area contributed by atoms with Crippen LogP contribution in [-0.4, -0.2) is 56.3 Å². The number of aromatic nitrogens is 5. The van der Waals surface area contributed by atoms with Gasteiger partial charge in [0.15, 0.2) is 5.65 Å². The van der Waals surface area contributed by atoms with Crippen LogP contribution in [0, 0.1) is 27.7 Å². The zero-order valence-corrected chi connectivity index (χ0v) is 23.5. The highest BCUT2D eigenvalue weighted by Crippen LogP contribution is 2.34. The van der Waals surface area contributed by atoms with Crippen molar-refractivity contribution in [3.8, 4) is 11.1 Å². The molecule has 0 aliphatic carbocycles. The summed E-state index contributed by atoms with van der Waals surface area (Å²) < 4.78 is 1.99. The molecule has 1 fully saturated rings. The van der Waals surface area contributed by atoms with Gasteiger partial charge in [-0.1, -0.05) is 24.6 Å². The highest BCUT2D eigenvalue weighted by Gasteiger charge is 2.23. The maximum Gasteiger partial charge on any atom is 0.225 e. The molecule has 3 aromatic heterocycles. The number of nitrogens with one attached hydrogen (secondary N) is 2. The summed E-state index contributed by atoms with van der Waals surface area (Å²) >= 11 is 0. The van der Waals surface area contributed by atoms with E-state index in [0.29, 0.717) is 12.1 Å². The largest absolute Gasteiger partial charge is 0.368 e. The lowest BCUT2D eigenvalue weighted by molar-refractivity contribution is 0.380. The average molecular weight is 513 g/mol. The molecule has 0 spiro atoms. The van der Waals surface area contributed by atoms with Crippen molar-refractivity contribution in [3.63, 3.8) is 0 Å². The fourth-order valence-corrected chi connectivity index (χ4v) is 5.77. The molecular weight excluding hydrogens is 472 g/mol. The summed E-state index contributed by atoms with van der Waals surface area (Å²) in [4.78, 5) is 16.1. The number of nitrogens with zero attached hydrogens (tertiary/aromatic N) is 6. The molecule has 1 atom stereocenters. The van der Waals surface area contributed by atoms with Crippen molar-refractivity contribution in [1.29, 1.82) is 0 Å². The number of anilines is 2. The minimum absolute atomic E-state index is 0.311. The fourth-order valence-electron chi connectivity index (χ4n) is 5.77. The molecule has 0 saturated carbocycles. The second-order valence-corrected chi connectivity index (χ2v) is 10.7. The number of hydrogen-bond acceptors (Lipinski definition) is 7. The summed E-state index contributed by atoms with van der Waals surface area (Å²) in [6.07, 6.45) is 6.66. The van der Waals surface area contributed by atoms with Gasteiger partial charge in [0.05, 0.1) is 11.3 Å². The summed E-state index contributed by atoms with van der Waals surface area (Å²) in [6, 6.07) is 9.30. The molecule has 1 aliphatic heterocycles. The molecule has 1 aromatic carbocycles. The van der Waals surface area contributed by atoms with Crippen molar-refractivity contribution in [1.82, 2.24) is 29.9 Å². The van der Waals surface area contributed by atoms with Gasteiger partial charge in [0.2, 0.25) is 5.95 Å². The Labute approximate surface area is 225 Å². The number of fused-ring (bicyclic) bond motifs is 1. The van der Waals surface area contributed by atoms with Gasteiger partial charge in [0.1, 0.15) is 5.82 Å². The van der Waals surface area contributed by atoms with Crippen LogP contribution in [0.3, 0.4) is 0 Å². The van der Waals surface area contributed by atoms with Gasteiger partial charge in [-0.2, -0.15) is 9.61 Å². The Bertz CT molecular complexity index is 1380. The van der Waals surface area contributed by atoms with Gasteiger partial charge in [-0.15, -0.1) is 0 Å². The third-order valence-corrected chi connectivity index (χ3v) is 7.55. The molecule has 2 N–H and O–H groups in total. The lowest BCUT2D eigenvalue weighted by atomic mass is 9.94. The van der Waals surface area contributed by atoms with E-state index in [9.17, 15) is 0 Å². The van der Waals surface area contributed by atoms with Crippen LogP contribution in [0.2, 0.25) is 0 Å². The summed E-state index contributed by atoms with van der Waals surface area (Å²) in [6.45, 7) is 15.8. The summed E-state index contributed by atoms with van der Waals surface area (Å²) in [5.74, 6) is 1.83. The van der Waals surface area contributed by atoms with Gasteiger partial charge in [-0.05, 0) is 76.6 Å². The maximum absolute atomic E-state index is 5.04. The van der Waals surface area contributed by atoms with Crippen LogP contribution in [0.25, 0.3) is 16.8 Å². The molecule has 0 amide bonds. The van der Waals surface area contributed by atoms with Gasteiger partial charge in [0.25, 0.3) is 0 Å². The third kappa shape index (κ3) is 5.36. The molecule has 4 heterocycles. The molecule has 0 radical (unpaired) electrons. The molecule has 8 heteroatoms. The number of rotatable bonds is 8. The van der Waals surface area contributed by atoms with Crippen molar-refractivity contribution in [3.05, 3.63) is 64.7 Å². The van der Waals surface area contributed by atoms with Gasteiger partial charge < -0.3 is 15.5 Å². The van der Waals surface area contributed by atoms with Gasteiger partial charge in [-0.25, -0.2) is 15.0 Å². The zero-order chi connectivity index (χ0) is 26.8. The van der Waals surface area contributed by atoms with E-state index in [1.54, 1.807) is 0 Å². The predicted octanol–water partition coefficient (Wildman–Crippen LogP) is 5.04. The second kappa shape index (κ2) is 11.1. The summed E-state index contributed by atoms with van der Waals surface area (Å²) in [7, 11) is 0. The summed E-state index contributed by atoms with van der Waals surface area (Å²) in [5, 5.41) is 12.5. The number of hydrogen-bond donors (Lipinski definition) is 2. The Morgan fingerprint density at radius 2 is 1.66 bits per heavy atom. The van der Waals surface area contributed by atoms with E-state index >= 15 is 0 Å². The topological polar surface area (TPSA) is 83.3 Å². The van der Waals surface area contributed by atoms with E-state index < -0.39 is 0 Å². The van der Waals surface area contributed by atoms with E-state index in [-0.39, 0.29) is 0 Å². The molecule has 1 aliphatic rings. The van der Waals surface area contributed by atoms with E-state index in [1.807, 2.05) is 23.0 Å². The molecule has 0 bridgehead atoms. The monoisotopic (exact) mass is 512 g/mol. The molecular formula is C30H40N8. The molecule has 200 valence electrons. The van der Waals surface area contributed by atoms with E-state index in [0.717, 1.165) is 73.3 Å². The highest BCUT2D eigenvalue weighted by atomic mass is 15.3. The Kier molecular flexibility index (Phi) is 7.61. The number of aryl methyl sites for hydroxylation is 5. The van der Waals surface area contributed by atoms with Crippen LogP contribution in [0.4, 0.5) is 11.8 Å². The quantitative estimate of drug-likeness (QED) is 0.342. The lowest BCUT2D eigenvalue weighted by Gasteiger charge is -2.34. The van der Waals surface area contributed by atoms with Crippen LogP contribution in [0.1, 0.15) is 54.8 Å². The van der Waals surface area contributed by atoms with Gasteiger partial charge in [0, 0.05) is 55.9 Å². The van der Waals surface area contributed by atoms with Crippen molar-refractivity contribution in [2.24, 2.45) is 0 Å². The van der Waals surface area contributed by atoms with Crippen LogP contribution >= 0.6 is 0 Å². The van der Waals surface area contributed by atoms with Gasteiger partial charge in [-0.3, -0.25) is 0 Å². The predicted molar refractivity (Wildman–Crippen MR) is 155 cm³/mol. The van der Waals surface area contributed by atoms with Crippen molar-refractivity contribution < 1.29 is 0 Å². The van der Waals surface area contributed by atoms with Gasteiger partial charge >= 0.3 is 0 Å². The first-order chi connectivity index (χ1) is 18.3. The minimum atomic E-state index is 0.311. The van der Waals surface area contributed by atoms with Crippen LogP contribution in [0.15, 0.2) is 36.7 Å². The third-order valence-electron chi connectivity index (χ3n) is 7.55. The van der Waals surface area contributed by atoms with E-state index in [2.05, 4.69) is 85.2 Å². The van der Waals surface area contributed by atoms with E-state index in [4.69, 9.17) is 10.1 Å². The minimum Gasteiger partial charge on any atom is -0.368 e. The Hall–Kier alpha value is -3.52. The van der Waals surface area contributed by atoms with E-state index in [1.165, 1.54) is 22.3 Å². The standard InChI is InChI=1S/C30H40N8/c1-7-24-17-26(33-18-22(5)34-25-9-13-37(14-10-25)30-31-11-8-12-32-30)38-29(35-24)28(23(6)36-38)27-20(3)15-19(2)16-21(27)4/h8,11-12,15-17,22,25,33-34H,7,9-10,13-14,18H2,1-6H3. The first kappa shape index (κ1) is 26.1. The van der Waals surface area contributed by atoms with Crippen LogP contribution in [0.5, 0.6) is 0 Å². The first-order valence-electron chi connectivity index (χ1n) is 13.8. The molecule has 38 heavy (non-hydrogen) atoms. The summed E-state index contributed by atoms with van der Waals surface area (Å²) in [5.41, 5.74) is 9.20. The molecule has 5 rings (SSSR count). The normalized spacial score (nSPS) is 15.3. The molecule has 1 saturated heterocycles. The second-order valence-electron chi connectivity index (χ2n) is 10.7. The van der Waals surface area contributed by atoms with Crippen LogP contribution in [-0.2, 0) is 6.42 Å². The van der Waals surface area contributed by atoms with Crippen molar-refractivity contribution in [2.45, 2.75) is 72.9 Å². The van der Waals surface area contributed by atoms with Crippen molar-refractivity contribution >= 4 is 17.4 Å². The molecule has 1 unspecified atom stereocenters. The first-order valence-corrected chi connectivity index (χ1v) is 13.8. The Morgan fingerprint density at radius 3 is 2.32 bits per heavy atom. The Balaban J connectivity index is 1.31. The SMILES string of the molecule is CCc1cc(NCC(C)NC2CCN(c3ncccn3)CC2)n2nc(C)c(-c3c(C)cc(C)cc3C)c2n1. The molecule has 4 aromatic rings. The zero-order valence-electron chi connectivity index (χ0n) is 23.5. The Morgan fingerprint density at radius 1 is 0.974 bits per heavy atom. The highest BCUT2D eigenvalue weighted by molar-refractivity contribution is 5.85. The smallest absolute Gasteiger partial charge is 0.225 e. The average Bonchev–Trinajstić information content (AvgIpc) is 3.23. The number of benzene rings is 1.